The molecule has 2 aromatic carbocycles. The monoisotopic (exact) mass is 636 g/mol. The molecule has 0 radical (unpaired) electrons. The number of unbranched alkanes of at least 4 members (excludes halogenated alkanes) is 7. The molecule has 0 bridgehead atoms. The predicted molar refractivity (Wildman–Crippen MR) is 157 cm³/mol. The number of ether oxygens (including phenoxy) is 2. The molecule has 0 unspecified atom stereocenters. The Labute approximate surface area is 259 Å². The summed E-state index contributed by atoms with van der Waals surface area (Å²) in [6.45, 7) is 2.11. The molecule has 0 fully saturated rings. The van der Waals surface area contributed by atoms with Crippen molar-refractivity contribution in [3.05, 3.63) is 70.8 Å². The number of aliphatic hydroxyl groups excluding tert-OH is 1. The maximum atomic E-state index is 12.5. The lowest BCUT2D eigenvalue weighted by Gasteiger charge is -2.34. The van der Waals surface area contributed by atoms with Gasteiger partial charge >= 0.3 is 0 Å². The van der Waals surface area contributed by atoms with Gasteiger partial charge in [0.05, 0.1) is 29.3 Å². The van der Waals surface area contributed by atoms with Gasteiger partial charge in [0.1, 0.15) is 19.7 Å². The van der Waals surface area contributed by atoms with Crippen molar-refractivity contribution in [2.75, 3.05) is 26.7 Å². The van der Waals surface area contributed by atoms with Gasteiger partial charge < -0.3 is 31.6 Å². The second-order valence-electron chi connectivity index (χ2n) is 12.0. The van der Waals surface area contributed by atoms with Gasteiger partial charge in [0, 0.05) is 30.5 Å². The molecule has 8 heteroatoms. The van der Waals surface area contributed by atoms with E-state index in [1.165, 1.54) is 35.3 Å². The number of halogens is 1. The molecule has 4 aliphatic rings. The molecule has 0 saturated carbocycles. The van der Waals surface area contributed by atoms with Crippen LogP contribution in [0.3, 0.4) is 0 Å². The largest absolute Gasteiger partial charge is 1.00 e. The molecule has 2 aromatic rings. The molecule has 6 rings (SSSR count). The van der Waals surface area contributed by atoms with E-state index in [1.54, 1.807) is 24.3 Å². The summed E-state index contributed by atoms with van der Waals surface area (Å²) < 4.78 is 15.0. The van der Waals surface area contributed by atoms with Crippen molar-refractivity contribution in [1.82, 2.24) is 4.90 Å². The molecule has 224 valence electrons. The third-order valence-corrected chi connectivity index (χ3v) is 9.17. The molecule has 1 N–H and O–H groups in total. The van der Waals surface area contributed by atoms with Crippen molar-refractivity contribution in [3.8, 4) is 11.5 Å². The molecule has 42 heavy (non-hydrogen) atoms. The molecule has 2 amide bonds. The second-order valence-corrected chi connectivity index (χ2v) is 12.0. The van der Waals surface area contributed by atoms with Crippen LogP contribution in [0.4, 0.5) is 0 Å². The van der Waals surface area contributed by atoms with Crippen LogP contribution in [0, 0.1) is 0 Å². The van der Waals surface area contributed by atoms with Crippen LogP contribution in [0.5, 0.6) is 11.5 Å². The van der Waals surface area contributed by atoms with Crippen LogP contribution in [-0.2, 0) is 5.41 Å². The lowest BCUT2D eigenvalue weighted by atomic mass is 9.69. The maximum absolute atomic E-state index is 12.5. The molecule has 3 atom stereocenters. The summed E-state index contributed by atoms with van der Waals surface area (Å²) in [5, 5.41) is 10.3. The second kappa shape index (κ2) is 13.1. The van der Waals surface area contributed by atoms with E-state index >= 15 is 0 Å². The quantitative estimate of drug-likeness (QED) is 0.167. The van der Waals surface area contributed by atoms with Crippen molar-refractivity contribution in [3.63, 3.8) is 0 Å². The van der Waals surface area contributed by atoms with E-state index in [-0.39, 0.29) is 40.3 Å². The minimum atomic E-state index is -0.464. The van der Waals surface area contributed by atoms with E-state index < -0.39 is 6.10 Å². The standard InChI is InChI=1S/C34H41N2O5.BrH/c1-35-20-18-34-17-16-25(37)22-29(34)41-31-28(15-14-24(23-35)30(31)34)40-21-11-7-5-3-2-4-6-10-19-36-32(38)26-12-8-9-13-27(26)33(36)39;/h8-9,12-17,23,25,29,37H,2-7,10-11,18-22H2,1H3;1H/q+1;/p-1/t25-,29-,34-;/m0./s1. The Bertz CT molecular complexity index is 1350. The predicted octanol–water partition coefficient (Wildman–Crippen LogP) is 2.27. The van der Waals surface area contributed by atoms with Gasteiger partial charge in [-0.2, -0.15) is 0 Å². The highest BCUT2D eigenvalue weighted by molar-refractivity contribution is 6.21. The molecular weight excluding hydrogens is 596 g/mol. The van der Waals surface area contributed by atoms with Crippen molar-refractivity contribution in [1.29, 1.82) is 0 Å². The fourth-order valence-corrected chi connectivity index (χ4v) is 6.92. The van der Waals surface area contributed by atoms with Gasteiger partial charge in [-0.15, -0.1) is 0 Å². The first-order valence-corrected chi connectivity index (χ1v) is 15.3. The van der Waals surface area contributed by atoms with Gasteiger partial charge in [0.15, 0.2) is 17.7 Å². The lowest BCUT2D eigenvalue weighted by molar-refractivity contribution is -0.493. The van der Waals surface area contributed by atoms with Gasteiger partial charge in [-0.05, 0) is 37.1 Å². The molecule has 3 heterocycles. The third-order valence-electron chi connectivity index (χ3n) is 9.17. The highest BCUT2D eigenvalue weighted by Crippen LogP contribution is 2.54. The Kier molecular flexibility index (Phi) is 9.53. The number of carbonyl (C=O) groups excluding carboxylic acids is 2. The first-order chi connectivity index (χ1) is 20.0. The molecule has 3 aliphatic heterocycles. The summed E-state index contributed by atoms with van der Waals surface area (Å²) in [6, 6.07) is 11.3. The number of benzene rings is 2. The van der Waals surface area contributed by atoms with Gasteiger partial charge in [0.2, 0.25) is 0 Å². The Hall–Kier alpha value is -2.97. The summed E-state index contributed by atoms with van der Waals surface area (Å²) in [5.74, 6) is 1.37. The van der Waals surface area contributed by atoms with E-state index in [2.05, 4.69) is 30.0 Å². The van der Waals surface area contributed by atoms with E-state index in [0.717, 1.165) is 56.6 Å². The molecule has 0 saturated heterocycles. The summed E-state index contributed by atoms with van der Waals surface area (Å²) in [7, 11) is 2.11. The molecular formula is C34H41BrN2O5. The number of rotatable bonds is 12. The summed E-state index contributed by atoms with van der Waals surface area (Å²) in [6.07, 6.45) is 16.0. The van der Waals surface area contributed by atoms with Crippen LogP contribution in [0.15, 0.2) is 48.6 Å². The van der Waals surface area contributed by atoms with Crippen molar-refractivity contribution in [2.45, 2.75) is 81.8 Å². The van der Waals surface area contributed by atoms with Crippen LogP contribution in [0.25, 0.3) is 0 Å². The number of fused-ring (bicyclic) bond motifs is 1. The number of nitrogens with zero attached hydrogens (tertiary/aromatic N) is 2. The Balaban J connectivity index is 0.00000353. The Morgan fingerprint density at radius 3 is 2.36 bits per heavy atom. The summed E-state index contributed by atoms with van der Waals surface area (Å²) in [4.78, 5) is 26.3. The van der Waals surface area contributed by atoms with Gasteiger partial charge in [-0.1, -0.05) is 62.8 Å². The average molecular weight is 638 g/mol. The number of hydrogen-bond donors (Lipinski definition) is 1. The van der Waals surface area contributed by atoms with Crippen molar-refractivity contribution < 1.29 is 45.7 Å². The van der Waals surface area contributed by atoms with E-state index in [4.69, 9.17) is 9.47 Å². The molecule has 0 aromatic heterocycles. The molecule has 1 spiro atoms. The first-order valence-electron chi connectivity index (χ1n) is 15.3. The molecule has 7 nitrogen and oxygen atoms in total. The average Bonchev–Trinajstić information content (AvgIpc) is 3.37. The summed E-state index contributed by atoms with van der Waals surface area (Å²) in [5.41, 5.74) is 3.26. The highest BCUT2D eigenvalue weighted by Gasteiger charge is 2.53. The zero-order valence-corrected chi connectivity index (χ0v) is 26.0. The van der Waals surface area contributed by atoms with Gasteiger partial charge in [-0.25, -0.2) is 4.58 Å². The van der Waals surface area contributed by atoms with Crippen LogP contribution >= 0.6 is 0 Å². The highest BCUT2D eigenvalue weighted by atomic mass is 79.9. The normalized spacial score (nSPS) is 23.4. The van der Waals surface area contributed by atoms with Gasteiger partial charge in [-0.3, -0.25) is 14.5 Å². The zero-order valence-electron chi connectivity index (χ0n) is 24.4. The number of hydrogen-bond acceptors (Lipinski definition) is 5. The fourth-order valence-electron chi connectivity index (χ4n) is 6.92. The Morgan fingerprint density at radius 1 is 0.976 bits per heavy atom. The minimum Gasteiger partial charge on any atom is -1.00 e. The minimum absolute atomic E-state index is 0. The zero-order chi connectivity index (χ0) is 28.4. The van der Waals surface area contributed by atoms with Crippen LogP contribution in [-0.4, -0.2) is 71.6 Å². The van der Waals surface area contributed by atoms with Crippen LogP contribution in [0.1, 0.15) is 96.1 Å². The molecule has 1 aliphatic carbocycles. The third kappa shape index (κ3) is 5.80. The maximum Gasteiger partial charge on any atom is 0.261 e. The number of imide groups is 1. The van der Waals surface area contributed by atoms with Crippen molar-refractivity contribution in [2.24, 2.45) is 0 Å². The summed E-state index contributed by atoms with van der Waals surface area (Å²) >= 11 is 0. The topological polar surface area (TPSA) is 79.1 Å². The number of aliphatic hydroxyl groups is 1. The van der Waals surface area contributed by atoms with Gasteiger partial charge in [0.25, 0.3) is 11.8 Å². The van der Waals surface area contributed by atoms with E-state index in [9.17, 15) is 14.7 Å². The van der Waals surface area contributed by atoms with E-state index in [1.807, 2.05) is 12.1 Å². The fraction of sp³-hybridized carbons (Fsp3) is 0.500. The Morgan fingerprint density at radius 2 is 1.64 bits per heavy atom. The number of amides is 2. The van der Waals surface area contributed by atoms with Crippen molar-refractivity contribution >= 4 is 18.0 Å². The van der Waals surface area contributed by atoms with Crippen LogP contribution < -0.4 is 26.5 Å². The lowest BCUT2D eigenvalue weighted by Crippen LogP contribution is -3.00. The SMILES string of the molecule is C[N+]1=Cc2ccc(OCCCCCCCCCCN3C(=O)c4ccccc4C3=O)c3c2[C@@]2(C=C[C@H](O)C[C@@H]2O3)CC1.[Br-]. The number of carbonyl (C=O) groups is 2. The van der Waals surface area contributed by atoms with Crippen LogP contribution in [0.2, 0.25) is 0 Å². The smallest absolute Gasteiger partial charge is 0.261 e. The van der Waals surface area contributed by atoms with E-state index in [0.29, 0.717) is 30.7 Å². The first kappa shape index (κ1) is 30.5.